The molecule has 1 fully saturated rings. The van der Waals surface area contributed by atoms with Gasteiger partial charge in [0.2, 0.25) is 0 Å². The molecular formula is C14H24N4. The number of nitrogens with one attached hydrogen (secondary N) is 2. The molecular weight excluding hydrogens is 224 g/mol. The van der Waals surface area contributed by atoms with Gasteiger partial charge in [0.05, 0.1) is 0 Å². The molecule has 1 aliphatic rings. The van der Waals surface area contributed by atoms with Crippen LogP contribution >= 0.6 is 0 Å². The highest BCUT2D eigenvalue weighted by molar-refractivity contribution is 5.46. The van der Waals surface area contributed by atoms with E-state index in [0.717, 1.165) is 23.5 Å². The van der Waals surface area contributed by atoms with Gasteiger partial charge in [-0.1, -0.05) is 26.7 Å². The molecule has 2 N–H and O–H groups in total. The summed E-state index contributed by atoms with van der Waals surface area (Å²) < 4.78 is 0. The molecule has 0 aliphatic heterocycles. The molecule has 4 nitrogen and oxygen atoms in total. The van der Waals surface area contributed by atoms with Crippen LogP contribution in [0.25, 0.3) is 0 Å². The summed E-state index contributed by atoms with van der Waals surface area (Å²) in [6, 6.07) is 2.53. The summed E-state index contributed by atoms with van der Waals surface area (Å²) in [5.74, 6) is 3.29. The number of nitrogens with zero attached hydrogens (tertiary/aromatic N) is 2. The van der Waals surface area contributed by atoms with Gasteiger partial charge >= 0.3 is 0 Å². The minimum atomic E-state index is 0.554. The molecule has 1 aromatic heterocycles. The average molecular weight is 248 g/mol. The van der Waals surface area contributed by atoms with Crippen molar-refractivity contribution in [3.8, 4) is 0 Å². The van der Waals surface area contributed by atoms with Gasteiger partial charge in [-0.2, -0.15) is 0 Å². The molecule has 2 rings (SSSR count). The maximum atomic E-state index is 4.31. The molecule has 1 saturated carbocycles. The molecule has 18 heavy (non-hydrogen) atoms. The highest BCUT2D eigenvalue weighted by atomic mass is 15.1. The van der Waals surface area contributed by atoms with Gasteiger partial charge in [0.1, 0.15) is 18.0 Å². The fourth-order valence-electron chi connectivity index (χ4n) is 2.90. The van der Waals surface area contributed by atoms with Crippen LogP contribution in [0.5, 0.6) is 0 Å². The van der Waals surface area contributed by atoms with Crippen molar-refractivity contribution in [1.29, 1.82) is 0 Å². The zero-order chi connectivity index (χ0) is 13.0. The molecule has 4 heteroatoms. The van der Waals surface area contributed by atoms with E-state index in [2.05, 4.69) is 34.4 Å². The summed E-state index contributed by atoms with van der Waals surface area (Å²) in [6.45, 7) is 4.65. The van der Waals surface area contributed by atoms with Gasteiger partial charge in [-0.05, 0) is 24.7 Å². The molecule has 1 heterocycles. The SMILES string of the molecule is CNc1cc(NC2CCCCC2C(C)C)ncn1. The standard InChI is InChI=1S/C14H24N4/c1-10(2)11-6-4-5-7-12(11)18-14-8-13(15-3)16-9-17-14/h8-12H,4-7H2,1-3H3,(H2,15,16,17,18). The van der Waals surface area contributed by atoms with Gasteiger partial charge in [0.25, 0.3) is 0 Å². The van der Waals surface area contributed by atoms with E-state index in [1.54, 1.807) is 6.33 Å². The zero-order valence-corrected chi connectivity index (χ0v) is 11.6. The van der Waals surface area contributed by atoms with E-state index in [1.807, 2.05) is 13.1 Å². The Hall–Kier alpha value is -1.32. The van der Waals surface area contributed by atoms with E-state index in [9.17, 15) is 0 Å². The quantitative estimate of drug-likeness (QED) is 0.859. The van der Waals surface area contributed by atoms with Gasteiger partial charge in [-0.3, -0.25) is 0 Å². The van der Waals surface area contributed by atoms with Crippen molar-refractivity contribution in [2.24, 2.45) is 11.8 Å². The van der Waals surface area contributed by atoms with Crippen molar-refractivity contribution < 1.29 is 0 Å². The van der Waals surface area contributed by atoms with Gasteiger partial charge in [-0.25, -0.2) is 9.97 Å². The number of aromatic nitrogens is 2. The van der Waals surface area contributed by atoms with Crippen molar-refractivity contribution in [2.75, 3.05) is 17.7 Å². The fourth-order valence-corrected chi connectivity index (χ4v) is 2.90. The Labute approximate surface area is 110 Å². The van der Waals surface area contributed by atoms with Crippen molar-refractivity contribution in [1.82, 2.24) is 9.97 Å². The topological polar surface area (TPSA) is 49.8 Å². The first-order valence-electron chi connectivity index (χ1n) is 6.97. The second-order valence-corrected chi connectivity index (χ2v) is 5.48. The lowest BCUT2D eigenvalue weighted by molar-refractivity contribution is 0.253. The van der Waals surface area contributed by atoms with Crippen molar-refractivity contribution in [3.05, 3.63) is 12.4 Å². The molecule has 100 valence electrons. The Kier molecular flexibility index (Phi) is 4.39. The third-order valence-corrected chi connectivity index (χ3v) is 3.93. The summed E-state index contributed by atoms with van der Waals surface area (Å²) in [6.07, 6.45) is 6.89. The van der Waals surface area contributed by atoms with Gasteiger partial charge in [0.15, 0.2) is 0 Å². The molecule has 1 aromatic rings. The Morgan fingerprint density at radius 3 is 2.61 bits per heavy atom. The van der Waals surface area contributed by atoms with Crippen LogP contribution in [-0.4, -0.2) is 23.1 Å². The van der Waals surface area contributed by atoms with E-state index >= 15 is 0 Å². The zero-order valence-electron chi connectivity index (χ0n) is 11.6. The predicted molar refractivity (Wildman–Crippen MR) is 75.8 cm³/mol. The van der Waals surface area contributed by atoms with Crippen LogP contribution in [0.2, 0.25) is 0 Å². The lowest BCUT2D eigenvalue weighted by Gasteiger charge is -2.35. The summed E-state index contributed by atoms with van der Waals surface area (Å²) in [5.41, 5.74) is 0. The van der Waals surface area contributed by atoms with Crippen LogP contribution in [0.4, 0.5) is 11.6 Å². The van der Waals surface area contributed by atoms with E-state index in [-0.39, 0.29) is 0 Å². The lowest BCUT2D eigenvalue weighted by Crippen LogP contribution is -2.35. The van der Waals surface area contributed by atoms with Gasteiger partial charge in [0, 0.05) is 19.2 Å². The van der Waals surface area contributed by atoms with Crippen LogP contribution in [0, 0.1) is 11.8 Å². The molecule has 2 atom stereocenters. The fraction of sp³-hybridized carbons (Fsp3) is 0.714. The van der Waals surface area contributed by atoms with Crippen molar-refractivity contribution in [2.45, 2.75) is 45.6 Å². The summed E-state index contributed by atoms with van der Waals surface area (Å²) in [5, 5.41) is 6.64. The van der Waals surface area contributed by atoms with Gasteiger partial charge in [-0.15, -0.1) is 0 Å². The maximum absolute atomic E-state index is 4.31. The highest BCUT2D eigenvalue weighted by Crippen LogP contribution is 2.32. The van der Waals surface area contributed by atoms with Crippen LogP contribution < -0.4 is 10.6 Å². The molecule has 0 radical (unpaired) electrons. The third-order valence-electron chi connectivity index (χ3n) is 3.93. The Bertz CT molecular complexity index is 378. The van der Waals surface area contributed by atoms with Crippen molar-refractivity contribution >= 4 is 11.6 Å². The van der Waals surface area contributed by atoms with E-state index < -0.39 is 0 Å². The van der Waals surface area contributed by atoms with Crippen molar-refractivity contribution in [3.63, 3.8) is 0 Å². The minimum absolute atomic E-state index is 0.554. The number of anilines is 2. The molecule has 2 unspecified atom stereocenters. The largest absolute Gasteiger partial charge is 0.373 e. The maximum Gasteiger partial charge on any atom is 0.131 e. The first kappa shape index (κ1) is 13.1. The Balaban J connectivity index is 2.05. The van der Waals surface area contributed by atoms with E-state index in [0.29, 0.717) is 6.04 Å². The summed E-state index contributed by atoms with van der Waals surface area (Å²) in [7, 11) is 1.88. The smallest absolute Gasteiger partial charge is 0.131 e. The number of hydrogen-bond acceptors (Lipinski definition) is 4. The summed E-state index contributed by atoms with van der Waals surface area (Å²) in [4.78, 5) is 8.46. The van der Waals surface area contributed by atoms with Crippen LogP contribution in [0.15, 0.2) is 12.4 Å². The van der Waals surface area contributed by atoms with Gasteiger partial charge < -0.3 is 10.6 Å². The molecule has 1 aliphatic carbocycles. The second-order valence-electron chi connectivity index (χ2n) is 5.48. The van der Waals surface area contributed by atoms with E-state index in [1.165, 1.54) is 25.7 Å². The Morgan fingerprint density at radius 1 is 1.17 bits per heavy atom. The molecule has 0 bridgehead atoms. The molecule has 0 spiro atoms. The predicted octanol–water partition coefficient (Wildman–Crippen LogP) is 3.15. The lowest BCUT2D eigenvalue weighted by atomic mass is 9.78. The third kappa shape index (κ3) is 3.12. The molecule has 0 saturated heterocycles. The average Bonchev–Trinajstić information content (AvgIpc) is 2.39. The number of hydrogen-bond donors (Lipinski definition) is 2. The number of rotatable bonds is 4. The van der Waals surface area contributed by atoms with Crippen LogP contribution in [-0.2, 0) is 0 Å². The first-order valence-corrected chi connectivity index (χ1v) is 6.97. The highest BCUT2D eigenvalue weighted by Gasteiger charge is 2.27. The normalized spacial score (nSPS) is 24.0. The monoisotopic (exact) mass is 248 g/mol. The molecule has 0 amide bonds. The minimum Gasteiger partial charge on any atom is -0.373 e. The second kappa shape index (κ2) is 6.03. The Morgan fingerprint density at radius 2 is 1.89 bits per heavy atom. The van der Waals surface area contributed by atoms with Crippen LogP contribution in [0.3, 0.4) is 0 Å². The van der Waals surface area contributed by atoms with Crippen LogP contribution in [0.1, 0.15) is 39.5 Å². The first-order chi connectivity index (χ1) is 8.70. The summed E-state index contributed by atoms with van der Waals surface area (Å²) >= 11 is 0. The van der Waals surface area contributed by atoms with E-state index in [4.69, 9.17) is 0 Å². The molecule has 0 aromatic carbocycles.